The molecule has 1 aromatic heterocycles. The number of hydrogen-bond donors (Lipinski definition) is 1. The summed E-state index contributed by atoms with van der Waals surface area (Å²) in [5.74, 6) is 0. The molecule has 0 aliphatic carbocycles. The number of likely N-dealkylation sites (N-methyl/N-ethyl adjacent to an activating group) is 1. The number of halogens is 3. The molecule has 0 fully saturated rings. The normalized spacial score (nSPS) is 13.9. The Kier molecular flexibility index (Phi) is 5.42. The Labute approximate surface area is 103 Å². The van der Waals surface area contributed by atoms with E-state index in [1.165, 1.54) is 0 Å². The van der Waals surface area contributed by atoms with Gasteiger partial charge in [0.2, 0.25) is 0 Å². The fourth-order valence-corrected chi connectivity index (χ4v) is 2.36. The van der Waals surface area contributed by atoms with E-state index in [1.807, 2.05) is 26.0 Å². The molecule has 0 aromatic carbocycles. The maximum Gasteiger partial charge on any atom is 0.411 e. The first-order valence-electron chi connectivity index (χ1n) is 5.36. The Hall–Kier alpha value is -0.590. The second kappa shape index (κ2) is 6.37. The van der Waals surface area contributed by atoms with Crippen LogP contribution in [0.4, 0.5) is 13.2 Å². The second-order valence-electron chi connectivity index (χ2n) is 3.69. The molecule has 17 heavy (non-hydrogen) atoms. The molecule has 0 radical (unpaired) electrons. The van der Waals surface area contributed by atoms with Gasteiger partial charge in [-0.25, -0.2) is 0 Å². The van der Waals surface area contributed by atoms with Crippen LogP contribution in [-0.4, -0.2) is 25.9 Å². The number of ether oxygens (including phenoxy) is 1. The Morgan fingerprint density at radius 2 is 2.12 bits per heavy atom. The van der Waals surface area contributed by atoms with Crippen LogP contribution < -0.4 is 5.32 Å². The molecule has 0 saturated heterocycles. The minimum atomic E-state index is -4.26. The Morgan fingerprint density at radius 1 is 1.41 bits per heavy atom. The summed E-state index contributed by atoms with van der Waals surface area (Å²) >= 11 is 1.57. The van der Waals surface area contributed by atoms with Gasteiger partial charge < -0.3 is 10.1 Å². The van der Waals surface area contributed by atoms with Gasteiger partial charge in [0.25, 0.3) is 0 Å². The van der Waals surface area contributed by atoms with Gasteiger partial charge in [0.05, 0.1) is 12.6 Å². The van der Waals surface area contributed by atoms with Crippen LogP contribution in [0, 0.1) is 6.92 Å². The standard InChI is InChI=1S/C11H16F3NOS/c1-3-15-9(6-16-7-11(12,13)14)10-5-4-8(2)17-10/h4-5,9,15H,3,6-7H2,1-2H3. The van der Waals surface area contributed by atoms with Gasteiger partial charge in [0, 0.05) is 9.75 Å². The molecule has 1 rings (SSSR count). The van der Waals surface area contributed by atoms with Gasteiger partial charge >= 0.3 is 6.18 Å². The number of hydrogen-bond acceptors (Lipinski definition) is 3. The molecule has 0 spiro atoms. The zero-order valence-electron chi connectivity index (χ0n) is 9.80. The van der Waals surface area contributed by atoms with Gasteiger partial charge in [0.1, 0.15) is 6.61 Å². The van der Waals surface area contributed by atoms with Crippen LogP contribution in [0.3, 0.4) is 0 Å². The van der Waals surface area contributed by atoms with E-state index in [4.69, 9.17) is 4.74 Å². The van der Waals surface area contributed by atoms with Crippen LogP contribution in [0.5, 0.6) is 0 Å². The van der Waals surface area contributed by atoms with Gasteiger partial charge in [-0.15, -0.1) is 11.3 Å². The number of thiophene rings is 1. The molecule has 0 aliphatic rings. The third-order valence-corrected chi connectivity index (χ3v) is 3.22. The van der Waals surface area contributed by atoms with E-state index in [1.54, 1.807) is 11.3 Å². The number of alkyl halides is 3. The summed E-state index contributed by atoms with van der Waals surface area (Å²) in [7, 11) is 0. The fraction of sp³-hybridized carbons (Fsp3) is 0.636. The Bertz CT molecular complexity index is 338. The molecule has 1 atom stereocenters. The summed E-state index contributed by atoms with van der Waals surface area (Å²) in [6.07, 6.45) is -4.26. The van der Waals surface area contributed by atoms with Crippen molar-refractivity contribution < 1.29 is 17.9 Å². The van der Waals surface area contributed by atoms with Gasteiger partial charge in [-0.2, -0.15) is 13.2 Å². The third kappa shape index (κ3) is 5.52. The van der Waals surface area contributed by atoms with E-state index < -0.39 is 12.8 Å². The third-order valence-electron chi connectivity index (χ3n) is 2.11. The highest BCUT2D eigenvalue weighted by Gasteiger charge is 2.28. The largest absolute Gasteiger partial charge is 0.411 e. The van der Waals surface area contributed by atoms with E-state index >= 15 is 0 Å². The smallest absolute Gasteiger partial charge is 0.370 e. The molecule has 2 nitrogen and oxygen atoms in total. The van der Waals surface area contributed by atoms with E-state index in [0.29, 0.717) is 6.54 Å². The van der Waals surface area contributed by atoms with E-state index in [0.717, 1.165) is 9.75 Å². The summed E-state index contributed by atoms with van der Waals surface area (Å²) in [4.78, 5) is 2.14. The number of rotatable bonds is 6. The van der Waals surface area contributed by atoms with Crippen molar-refractivity contribution in [3.05, 3.63) is 21.9 Å². The van der Waals surface area contributed by atoms with Crippen LogP contribution in [0.2, 0.25) is 0 Å². The predicted octanol–water partition coefficient (Wildman–Crippen LogP) is 3.29. The molecule has 1 unspecified atom stereocenters. The minimum Gasteiger partial charge on any atom is -0.370 e. The lowest BCUT2D eigenvalue weighted by atomic mass is 10.2. The molecule has 1 N–H and O–H groups in total. The first-order valence-corrected chi connectivity index (χ1v) is 6.18. The first kappa shape index (κ1) is 14.5. The average Bonchev–Trinajstić information content (AvgIpc) is 2.62. The highest BCUT2D eigenvalue weighted by Crippen LogP contribution is 2.24. The molecule has 0 aliphatic heterocycles. The molecule has 1 heterocycles. The van der Waals surface area contributed by atoms with Crippen molar-refractivity contribution in [2.24, 2.45) is 0 Å². The van der Waals surface area contributed by atoms with Crippen LogP contribution >= 0.6 is 11.3 Å². The van der Waals surface area contributed by atoms with Crippen molar-refractivity contribution in [2.45, 2.75) is 26.1 Å². The zero-order valence-corrected chi connectivity index (χ0v) is 10.6. The Morgan fingerprint density at radius 3 is 2.59 bits per heavy atom. The second-order valence-corrected chi connectivity index (χ2v) is 5.01. The number of aryl methyl sites for hydroxylation is 1. The molecule has 0 saturated carbocycles. The summed E-state index contributed by atoms with van der Waals surface area (Å²) in [6.45, 7) is 3.41. The lowest BCUT2D eigenvalue weighted by molar-refractivity contribution is -0.175. The van der Waals surface area contributed by atoms with Crippen LogP contribution in [0.15, 0.2) is 12.1 Å². The molecule has 98 valence electrons. The molecular formula is C11H16F3NOS. The molecule has 0 amide bonds. The molecule has 6 heteroatoms. The Balaban J connectivity index is 2.49. The lowest BCUT2D eigenvalue weighted by Gasteiger charge is -2.17. The van der Waals surface area contributed by atoms with Crippen LogP contribution in [0.1, 0.15) is 22.7 Å². The summed E-state index contributed by atoms with van der Waals surface area (Å²) in [5, 5.41) is 3.12. The quantitative estimate of drug-likeness (QED) is 0.854. The highest BCUT2D eigenvalue weighted by molar-refractivity contribution is 7.12. The van der Waals surface area contributed by atoms with Crippen LogP contribution in [0.25, 0.3) is 0 Å². The van der Waals surface area contributed by atoms with Gasteiger partial charge in [-0.05, 0) is 25.6 Å². The molecule has 1 aromatic rings. The van der Waals surface area contributed by atoms with Crippen molar-refractivity contribution in [3.63, 3.8) is 0 Å². The van der Waals surface area contributed by atoms with Gasteiger partial charge in [-0.1, -0.05) is 6.92 Å². The SMILES string of the molecule is CCNC(COCC(F)(F)F)c1ccc(C)s1. The van der Waals surface area contributed by atoms with Crippen molar-refractivity contribution >= 4 is 11.3 Å². The van der Waals surface area contributed by atoms with Gasteiger partial charge in [0.15, 0.2) is 0 Å². The number of nitrogens with one attached hydrogen (secondary N) is 1. The van der Waals surface area contributed by atoms with Crippen molar-refractivity contribution in [2.75, 3.05) is 19.8 Å². The van der Waals surface area contributed by atoms with Crippen molar-refractivity contribution in [1.29, 1.82) is 0 Å². The van der Waals surface area contributed by atoms with Crippen molar-refractivity contribution in [3.8, 4) is 0 Å². The fourth-order valence-electron chi connectivity index (χ4n) is 1.42. The molecular weight excluding hydrogens is 251 g/mol. The van der Waals surface area contributed by atoms with Crippen molar-refractivity contribution in [1.82, 2.24) is 5.32 Å². The highest BCUT2D eigenvalue weighted by atomic mass is 32.1. The van der Waals surface area contributed by atoms with E-state index in [9.17, 15) is 13.2 Å². The lowest BCUT2D eigenvalue weighted by Crippen LogP contribution is -2.27. The van der Waals surface area contributed by atoms with E-state index in [-0.39, 0.29) is 12.6 Å². The summed E-state index contributed by atoms with van der Waals surface area (Å²) in [6, 6.07) is 3.71. The minimum absolute atomic E-state index is 0.0350. The topological polar surface area (TPSA) is 21.3 Å². The average molecular weight is 267 g/mol. The molecule has 0 bridgehead atoms. The summed E-state index contributed by atoms with van der Waals surface area (Å²) in [5.41, 5.74) is 0. The first-order chi connectivity index (χ1) is 7.92. The maximum atomic E-state index is 12.0. The summed E-state index contributed by atoms with van der Waals surface area (Å²) < 4.78 is 40.6. The van der Waals surface area contributed by atoms with Gasteiger partial charge in [-0.3, -0.25) is 0 Å². The van der Waals surface area contributed by atoms with Crippen LogP contribution in [-0.2, 0) is 4.74 Å². The maximum absolute atomic E-state index is 12.0. The van der Waals surface area contributed by atoms with E-state index in [2.05, 4.69) is 5.32 Å². The monoisotopic (exact) mass is 267 g/mol. The predicted molar refractivity (Wildman–Crippen MR) is 62.3 cm³/mol. The zero-order chi connectivity index (χ0) is 12.9.